The fourth-order valence-corrected chi connectivity index (χ4v) is 1.73. The van der Waals surface area contributed by atoms with Crippen LogP contribution in [0.3, 0.4) is 0 Å². The predicted octanol–water partition coefficient (Wildman–Crippen LogP) is 3.05. The Labute approximate surface area is 116 Å². The first kappa shape index (κ1) is 14.1. The number of benzene rings is 1. The third-order valence-electron chi connectivity index (χ3n) is 2.01. The topological polar surface area (TPSA) is 36.4 Å². The largest absolute Gasteiger partial charge is 0.359 e. The quantitative estimate of drug-likeness (QED) is 0.511. The third-order valence-corrected chi connectivity index (χ3v) is 2.74. The molecule has 0 aliphatic rings. The molecule has 0 unspecified atom stereocenters. The number of hydrogen-bond acceptors (Lipinski definition) is 2. The minimum absolute atomic E-state index is 0.304. The van der Waals surface area contributed by atoms with Crippen LogP contribution in [0.2, 0.25) is 0 Å². The van der Waals surface area contributed by atoms with Gasteiger partial charge in [0.25, 0.3) is 0 Å². The van der Waals surface area contributed by atoms with Crippen LogP contribution in [0.25, 0.3) is 0 Å². The lowest BCUT2D eigenvalue weighted by atomic mass is 10.1. The number of nitrogens with zero attached hydrogens (tertiary/aromatic N) is 1. The van der Waals surface area contributed by atoms with E-state index < -0.39 is 0 Å². The number of rotatable bonds is 3. The van der Waals surface area contributed by atoms with Gasteiger partial charge in [0.1, 0.15) is 0 Å². The molecule has 1 aromatic rings. The molecule has 0 spiro atoms. The van der Waals surface area contributed by atoms with E-state index in [0.29, 0.717) is 11.2 Å². The van der Waals surface area contributed by atoms with Gasteiger partial charge < -0.3 is 5.32 Å². The van der Waals surface area contributed by atoms with Gasteiger partial charge in [-0.05, 0) is 50.7 Å². The maximum Gasteiger partial charge on any atom is 0.187 e. The van der Waals surface area contributed by atoms with Gasteiger partial charge in [-0.3, -0.25) is 5.43 Å². The molecule has 0 aromatic heterocycles. The van der Waals surface area contributed by atoms with Crippen LogP contribution >= 0.6 is 28.1 Å². The van der Waals surface area contributed by atoms with E-state index in [4.69, 9.17) is 12.2 Å². The van der Waals surface area contributed by atoms with Crippen molar-refractivity contribution >= 4 is 39.0 Å². The minimum atomic E-state index is 0.304. The Kier molecular flexibility index (Phi) is 5.58. The highest BCUT2D eigenvalue weighted by Crippen LogP contribution is 2.10. The zero-order valence-electron chi connectivity index (χ0n) is 10.1. The average molecular weight is 314 g/mol. The smallest absolute Gasteiger partial charge is 0.187 e. The maximum absolute atomic E-state index is 5.08. The molecule has 1 rings (SSSR count). The van der Waals surface area contributed by atoms with E-state index in [1.165, 1.54) is 0 Å². The second kappa shape index (κ2) is 6.71. The summed E-state index contributed by atoms with van der Waals surface area (Å²) in [4.78, 5) is 0. The van der Waals surface area contributed by atoms with Gasteiger partial charge in [0.15, 0.2) is 5.11 Å². The Hall–Kier alpha value is -0.940. The Bertz CT molecular complexity index is 412. The summed E-state index contributed by atoms with van der Waals surface area (Å²) in [5.74, 6) is 0. The van der Waals surface area contributed by atoms with Crippen LogP contribution in [0, 0.1) is 0 Å². The highest BCUT2D eigenvalue weighted by Gasteiger charge is 1.99. The lowest BCUT2D eigenvalue weighted by molar-refractivity contribution is 0.719. The van der Waals surface area contributed by atoms with Crippen molar-refractivity contribution in [2.24, 2.45) is 5.10 Å². The number of hydrazone groups is 1. The molecule has 0 fully saturated rings. The lowest BCUT2D eigenvalue weighted by Gasteiger charge is -2.10. The second-order valence-electron chi connectivity index (χ2n) is 3.94. The fraction of sp³-hybridized carbons (Fsp3) is 0.333. The van der Waals surface area contributed by atoms with Crippen LogP contribution in [0.1, 0.15) is 26.3 Å². The molecule has 2 N–H and O–H groups in total. The van der Waals surface area contributed by atoms with Crippen molar-refractivity contribution in [3.8, 4) is 0 Å². The molecule has 0 aliphatic heterocycles. The minimum Gasteiger partial charge on any atom is -0.359 e. The molecule has 17 heavy (non-hydrogen) atoms. The zero-order chi connectivity index (χ0) is 12.8. The predicted molar refractivity (Wildman–Crippen MR) is 80.4 cm³/mol. The number of thiocarbonyl (C=S) groups is 1. The molecule has 92 valence electrons. The summed E-state index contributed by atoms with van der Waals surface area (Å²) in [7, 11) is 0. The summed E-state index contributed by atoms with van der Waals surface area (Å²) in [5, 5.41) is 7.83. The van der Waals surface area contributed by atoms with Gasteiger partial charge >= 0.3 is 0 Å². The zero-order valence-corrected chi connectivity index (χ0v) is 12.5. The van der Waals surface area contributed by atoms with Crippen LogP contribution in [0.5, 0.6) is 0 Å². The summed E-state index contributed by atoms with van der Waals surface area (Å²) < 4.78 is 1.05. The molecule has 0 saturated carbocycles. The maximum atomic E-state index is 5.08. The SMILES string of the molecule is C/C(=N\NC(=S)NC(C)C)c1ccc(Br)cc1. The molecule has 0 amide bonds. The Morgan fingerprint density at radius 3 is 2.41 bits per heavy atom. The first-order valence-corrected chi connectivity index (χ1v) is 6.56. The van der Waals surface area contributed by atoms with Crippen LogP contribution in [-0.4, -0.2) is 16.9 Å². The van der Waals surface area contributed by atoms with Crippen LogP contribution in [0.15, 0.2) is 33.8 Å². The normalized spacial score (nSPS) is 11.5. The van der Waals surface area contributed by atoms with Gasteiger partial charge in [0.05, 0.1) is 5.71 Å². The molecular weight excluding hydrogens is 298 g/mol. The fourth-order valence-electron chi connectivity index (χ4n) is 1.18. The molecule has 0 aliphatic carbocycles. The van der Waals surface area contributed by atoms with Crippen molar-refractivity contribution in [3.63, 3.8) is 0 Å². The van der Waals surface area contributed by atoms with E-state index in [1.807, 2.05) is 45.0 Å². The molecule has 0 atom stereocenters. The van der Waals surface area contributed by atoms with Gasteiger partial charge in [-0.2, -0.15) is 5.10 Å². The van der Waals surface area contributed by atoms with Gasteiger partial charge in [0.2, 0.25) is 0 Å². The van der Waals surface area contributed by atoms with Gasteiger partial charge in [0, 0.05) is 10.5 Å². The van der Waals surface area contributed by atoms with E-state index in [-0.39, 0.29) is 0 Å². The van der Waals surface area contributed by atoms with Crippen molar-refractivity contribution < 1.29 is 0 Å². The average Bonchev–Trinajstić information content (AvgIpc) is 2.26. The third kappa shape index (κ3) is 5.28. The molecular formula is C12H16BrN3S. The first-order chi connectivity index (χ1) is 7.99. The summed E-state index contributed by atoms with van der Waals surface area (Å²) in [6, 6.07) is 8.28. The molecule has 0 bridgehead atoms. The summed E-state index contributed by atoms with van der Waals surface area (Å²) >= 11 is 8.48. The van der Waals surface area contributed by atoms with E-state index in [2.05, 4.69) is 31.8 Å². The molecule has 0 saturated heterocycles. The summed E-state index contributed by atoms with van der Waals surface area (Å²) in [6.45, 7) is 5.99. The van der Waals surface area contributed by atoms with Crippen LogP contribution in [0.4, 0.5) is 0 Å². The highest BCUT2D eigenvalue weighted by atomic mass is 79.9. The Morgan fingerprint density at radius 2 is 1.88 bits per heavy atom. The summed E-state index contributed by atoms with van der Waals surface area (Å²) in [6.07, 6.45) is 0. The highest BCUT2D eigenvalue weighted by molar-refractivity contribution is 9.10. The molecule has 0 heterocycles. The van der Waals surface area contributed by atoms with Crippen molar-refractivity contribution in [1.29, 1.82) is 0 Å². The van der Waals surface area contributed by atoms with Gasteiger partial charge in [-0.15, -0.1) is 0 Å². The van der Waals surface area contributed by atoms with Crippen LogP contribution < -0.4 is 10.7 Å². The lowest BCUT2D eigenvalue weighted by Crippen LogP contribution is -2.37. The van der Waals surface area contributed by atoms with Gasteiger partial charge in [-0.1, -0.05) is 28.1 Å². The van der Waals surface area contributed by atoms with Crippen LogP contribution in [-0.2, 0) is 0 Å². The molecule has 1 aromatic carbocycles. The summed E-state index contributed by atoms with van der Waals surface area (Å²) in [5.41, 5.74) is 4.78. The monoisotopic (exact) mass is 313 g/mol. The van der Waals surface area contributed by atoms with E-state index in [9.17, 15) is 0 Å². The Morgan fingerprint density at radius 1 is 1.29 bits per heavy atom. The van der Waals surface area contributed by atoms with E-state index in [0.717, 1.165) is 15.7 Å². The Balaban J connectivity index is 2.60. The molecule has 5 heteroatoms. The number of nitrogens with one attached hydrogen (secondary N) is 2. The standard InChI is InChI=1S/C12H16BrN3S/c1-8(2)14-12(17)16-15-9(3)10-4-6-11(13)7-5-10/h4-8H,1-3H3,(H2,14,16,17)/b15-9+. The molecule has 3 nitrogen and oxygen atoms in total. The van der Waals surface area contributed by atoms with Crippen molar-refractivity contribution in [2.45, 2.75) is 26.8 Å². The van der Waals surface area contributed by atoms with Gasteiger partial charge in [-0.25, -0.2) is 0 Å². The van der Waals surface area contributed by atoms with E-state index >= 15 is 0 Å². The second-order valence-corrected chi connectivity index (χ2v) is 5.27. The van der Waals surface area contributed by atoms with Crippen molar-refractivity contribution in [1.82, 2.24) is 10.7 Å². The number of halogens is 1. The van der Waals surface area contributed by atoms with Crippen molar-refractivity contribution in [2.75, 3.05) is 0 Å². The first-order valence-electron chi connectivity index (χ1n) is 5.36. The van der Waals surface area contributed by atoms with E-state index in [1.54, 1.807) is 0 Å². The molecule has 0 radical (unpaired) electrons. The van der Waals surface area contributed by atoms with Crippen molar-refractivity contribution in [3.05, 3.63) is 34.3 Å². The number of hydrogen-bond donors (Lipinski definition) is 2.